The molecular weight excluding hydrogens is 380 g/mol. The molecule has 6 nitrogen and oxygen atoms in total. The first-order valence-electron chi connectivity index (χ1n) is 10.0. The number of anilines is 1. The van der Waals surface area contributed by atoms with Crippen molar-refractivity contribution in [3.05, 3.63) is 59.7 Å². The number of hydrogen-bond acceptors (Lipinski definition) is 4. The lowest BCUT2D eigenvalue weighted by Crippen LogP contribution is -2.40. The Morgan fingerprint density at radius 1 is 0.967 bits per heavy atom. The second-order valence-electron chi connectivity index (χ2n) is 7.64. The predicted octanol–water partition coefficient (Wildman–Crippen LogP) is 4.66. The molecule has 0 bridgehead atoms. The summed E-state index contributed by atoms with van der Waals surface area (Å²) < 4.78 is 11.2. The highest BCUT2D eigenvalue weighted by molar-refractivity contribution is 6.07. The van der Waals surface area contributed by atoms with Gasteiger partial charge in [0.15, 0.2) is 11.5 Å². The van der Waals surface area contributed by atoms with Gasteiger partial charge in [-0.25, -0.2) is 0 Å². The van der Waals surface area contributed by atoms with E-state index < -0.39 is 0 Å². The van der Waals surface area contributed by atoms with Crippen LogP contribution in [0.3, 0.4) is 0 Å². The van der Waals surface area contributed by atoms with Gasteiger partial charge in [0.1, 0.15) is 0 Å². The van der Waals surface area contributed by atoms with Crippen molar-refractivity contribution >= 4 is 23.6 Å². The quantitative estimate of drug-likeness (QED) is 0.621. The number of para-hydroxylation sites is 1. The lowest BCUT2D eigenvalue weighted by Gasteiger charge is -2.21. The molecule has 0 fully saturated rings. The standard InChI is InChI=1S/C24H30N2O4/c1-6-29-20-14-12-17(16-21(20)30-7-2)13-15-22(27)25-19-11-9-8-10-18(19)23(28)26-24(3,4)5/h8-16H,6-7H2,1-5H3,(H,25,27)(H,26,28)/b15-13+. The van der Waals surface area contributed by atoms with Crippen molar-refractivity contribution in [3.8, 4) is 11.5 Å². The highest BCUT2D eigenvalue weighted by atomic mass is 16.5. The van der Waals surface area contributed by atoms with Crippen molar-refractivity contribution in [2.75, 3.05) is 18.5 Å². The van der Waals surface area contributed by atoms with Crippen LogP contribution in [0, 0.1) is 0 Å². The maximum Gasteiger partial charge on any atom is 0.253 e. The van der Waals surface area contributed by atoms with E-state index in [-0.39, 0.29) is 17.4 Å². The summed E-state index contributed by atoms with van der Waals surface area (Å²) in [6.45, 7) is 10.6. The molecule has 0 spiro atoms. The smallest absolute Gasteiger partial charge is 0.253 e. The largest absolute Gasteiger partial charge is 0.490 e. The molecule has 2 aromatic rings. The van der Waals surface area contributed by atoms with Crippen LogP contribution in [0.1, 0.15) is 50.5 Å². The van der Waals surface area contributed by atoms with Gasteiger partial charge in [-0.3, -0.25) is 9.59 Å². The normalized spacial score (nSPS) is 11.2. The Bertz CT molecular complexity index is 914. The van der Waals surface area contributed by atoms with Gasteiger partial charge < -0.3 is 20.1 Å². The molecule has 0 aromatic heterocycles. The molecule has 0 saturated carbocycles. The van der Waals surface area contributed by atoms with Crippen LogP contribution in [-0.4, -0.2) is 30.6 Å². The third-order valence-corrected chi connectivity index (χ3v) is 3.91. The first kappa shape index (κ1) is 23.0. The van der Waals surface area contributed by atoms with Crippen molar-refractivity contribution in [3.63, 3.8) is 0 Å². The summed E-state index contributed by atoms with van der Waals surface area (Å²) in [4.78, 5) is 25.0. The van der Waals surface area contributed by atoms with Crippen molar-refractivity contribution in [1.82, 2.24) is 5.32 Å². The fourth-order valence-corrected chi connectivity index (χ4v) is 2.72. The van der Waals surface area contributed by atoms with E-state index in [4.69, 9.17) is 9.47 Å². The van der Waals surface area contributed by atoms with E-state index >= 15 is 0 Å². The Hall–Kier alpha value is -3.28. The molecule has 2 aromatic carbocycles. The number of hydrogen-bond donors (Lipinski definition) is 2. The number of rotatable bonds is 8. The molecule has 0 aliphatic carbocycles. The molecule has 2 amide bonds. The molecular formula is C24H30N2O4. The summed E-state index contributed by atoms with van der Waals surface area (Å²) >= 11 is 0. The number of nitrogens with one attached hydrogen (secondary N) is 2. The van der Waals surface area contributed by atoms with Crippen molar-refractivity contribution < 1.29 is 19.1 Å². The van der Waals surface area contributed by atoms with Crippen molar-refractivity contribution in [1.29, 1.82) is 0 Å². The minimum atomic E-state index is -0.375. The molecule has 2 N–H and O–H groups in total. The molecule has 0 saturated heterocycles. The van der Waals surface area contributed by atoms with Crippen LogP contribution in [-0.2, 0) is 4.79 Å². The average Bonchev–Trinajstić information content (AvgIpc) is 2.67. The van der Waals surface area contributed by atoms with Crippen LogP contribution >= 0.6 is 0 Å². The summed E-state index contributed by atoms with van der Waals surface area (Å²) in [5, 5.41) is 5.68. The highest BCUT2D eigenvalue weighted by Crippen LogP contribution is 2.29. The summed E-state index contributed by atoms with van der Waals surface area (Å²) in [5.74, 6) is 0.721. The Morgan fingerprint density at radius 2 is 1.63 bits per heavy atom. The number of amides is 2. The van der Waals surface area contributed by atoms with E-state index in [9.17, 15) is 9.59 Å². The van der Waals surface area contributed by atoms with Gasteiger partial charge in [0.2, 0.25) is 5.91 Å². The van der Waals surface area contributed by atoms with E-state index in [1.807, 2.05) is 52.8 Å². The fourth-order valence-electron chi connectivity index (χ4n) is 2.72. The Labute approximate surface area is 178 Å². The molecule has 0 aliphatic heterocycles. The van der Waals surface area contributed by atoms with Gasteiger partial charge in [-0.1, -0.05) is 18.2 Å². The molecule has 0 heterocycles. The van der Waals surface area contributed by atoms with E-state index in [0.717, 1.165) is 5.56 Å². The Kier molecular flexibility index (Phi) is 8.04. The van der Waals surface area contributed by atoms with Gasteiger partial charge in [0.05, 0.1) is 24.5 Å². The van der Waals surface area contributed by atoms with Crippen molar-refractivity contribution in [2.24, 2.45) is 0 Å². The van der Waals surface area contributed by atoms with Gasteiger partial charge in [0, 0.05) is 11.6 Å². The molecule has 0 atom stereocenters. The van der Waals surface area contributed by atoms with Gasteiger partial charge in [0.25, 0.3) is 5.91 Å². The second-order valence-corrected chi connectivity index (χ2v) is 7.64. The summed E-state index contributed by atoms with van der Waals surface area (Å²) in [7, 11) is 0. The third kappa shape index (κ3) is 6.95. The number of benzene rings is 2. The van der Waals surface area contributed by atoms with Gasteiger partial charge >= 0.3 is 0 Å². The maximum atomic E-state index is 12.5. The lowest BCUT2D eigenvalue weighted by atomic mass is 10.1. The van der Waals surface area contributed by atoms with Crippen LogP contribution in [0.25, 0.3) is 6.08 Å². The van der Waals surface area contributed by atoms with Crippen LogP contribution in [0.2, 0.25) is 0 Å². The fraction of sp³-hybridized carbons (Fsp3) is 0.333. The average molecular weight is 411 g/mol. The van der Waals surface area contributed by atoms with Crippen LogP contribution in [0.15, 0.2) is 48.5 Å². The molecule has 0 unspecified atom stereocenters. The highest BCUT2D eigenvalue weighted by Gasteiger charge is 2.18. The molecule has 160 valence electrons. The lowest BCUT2D eigenvalue weighted by molar-refractivity contribution is -0.111. The molecule has 6 heteroatoms. The monoisotopic (exact) mass is 410 g/mol. The molecule has 0 aliphatic rings. The Balaban J connectivity index is 2.14. The molecule has 30 heavy (non-hydrogen) atoms. The molecule has 0 radical (unpaired) electrons. The zero-order valence-corrected chi connectivity index (χ0v) is 18.2. The maximum absolute atomic E-state index is 12.5. The van der Waals surface area contributed by atoms with Crippen LogP contribution < -0.4 is 20.1 Å². The zero-order valence-electron chi connectivity index (χ0n) is 18.2. The van der Waals surface area contributed by atoms with E-state index in [0.29, 0.717) is 36.0 Å². The number of ether oxygens (including phenoxy) is 2. The topological polar surface area (TPSA) is 76.7 Å². The van der Waals surface area contributed by atoms with E-state index in [1.165, 1.54) is 6.08 Å². The first-order chi connectivity index (χ1) is 14.2. The minimum absolute atomic E-state index is 0.241. The van der Waals surface area contributed by atoms with Gasteiger partial charge in [-0.2, -0.15) is 0 Å². The van der Waals surface area contributed by atoms with E-state index in [2.05, 4.69) is 10.6 Å². The zero-order chi connectivity index (χ0) is 22.1. The van der Waals surface area contributed by atoms with E-state index in [1.54, 1.807) is 30.3 Å². The summed E-state index contributed by atoms with van der Waals surface area (Å²) in [6, 6.07) is 12.4. The second kappa shape index (κ2) is 10.5. The molecule has 2 rings (SSSR count). The minimum Gasteiger partial charge on any atom is -0.490 e. The van der Waals surface area contributed by atoms with Gasteiger partial charge in [-0.05, 0) is 70.5 Å². The summed E-state index contributed by atoms with van der Waals surface area (Å²) in [6.07, 6.45) is 3.11. The van der Waals surface area contributed by atoms with Crippen LogP contribution in [0.4, 0.5) is 5.69 Å². The third-order valence-electron chi connectivity index (χ3n) is 3.91. The Morgan fingerprint density at radius 3 is 2.30 bits per heavy atom. The van der Waals surface area contributed by atoms with Crippen LogP contribution in [0.5, 0.6) is 11.5 Å². The predicted molar refractivity (Wildman–Crippen MR) is 120 cm³/mol. The summed E-state index contributed by atoms with van der Waals surface area (Å²) in [5.41, 5.74) is 1.29. The SMILES string of the molecule is CCOc1ccc(/C=C/C(=O)Nc2ccccc2C(=O)NC(C)(C)C)cc1OCC. The number of carbonyl (C=O) groups excluding carboxylic acids is 2. The van der Waals surface area contributed by atoms with Crippen molar-refractivity contribution in [2.45, 2.75) is 40.2 Å². The van der Waals surface area contributed by atoms with Gasteiger partial charge in [-0.15, -0.1) is 0 Å². The first-order valence-corrected chi connectivity index (χ1v) is 10.0. The number of carbonyl (C=O) groups is 2.